The summed E-state index contributed by atoms with van der Waals surface area (Å²) in [5, 5.41) is 23.8. The zero-order chi connectivity index (χ0) is 42.2. The SMILES string of the molecule is CCCC(=Nc1c(C(C)C)cccc1C(C)C)C(C)=Nc1cc(C(C)(C)C)ccc1C(C)(C)C.[Ni+2].[O-]c1c([O-])c(Br)c2c(c1Br)Oc1c(Br)c(Br)c(Br)c(Br)c1O2. The van der Waals surface area contributed by atoms with Crippen LogP contribution in [-0.2, 0) is 27.3 Å². The summed E-state index contributed by atoms with van der Waals surface area (Å²) in [5.41, 5.74) is 9.66. The molecule has 0 spiro atoms. The molecule has 1 aliphatic rings. The Morgan fingerprint density at radius 2 is 1.09 bits per heavy atom. The molecule has 0 aliphatic carbocycles. The predicted octanol–water partition coefficient (Wildman–Crippen LogP) is 16.5. The molecular formula is C44H48Br6N2NiO4. The van der Waals surface area contributed by atoms with Crippen LogP contribution in [0.4, 0.5) is 11.4 Å². The van der Waals surface area contributed by atoms with Gasteiger partial charge in [0.15, 0.2) is 23.0 Å². The van der Waals surface area contributed by atoms with E-state index in [0.717, 1.165) is 35.6 Å². The number of aliphatic imine (C=N–C) groups is 2. The van der Waals surface area contributed by atoms with Crippen molar-refractivity contribution >= 4 is 118 Å². The van der Waals surface area contributed by atoms with Crippen LogP contribution < -0.4 is 19.7 Å². The average Bonchev–Trinajstić information content (AvgIpc) is 3.13. The van der Waals surface area contributed by atoms with Crippen LogP contribution in [0.25, 0.3) is 0 Å². The quantitative estimate of drug-likeness (QED) is 0.0703. The van der Waals surface area contributed by atoms with Crippen molar-refractivity contribution in [3.8, 4) is 34.5 Å². The van der Waals surface area contributed by atoms with Crippen LogP contribution in [0.15, 0.2) is 73.2 Å². The minimum absolute atomic E-state index is 0. The molecule has 0 aromatic heterocycles. The fraction of sp³-hybridized carbons (Fsp3) is 0.409. The predicted molar refractivity (Wildman–Crippen MR) is 251 cm³/mol. The van der Waals surface area contributed by atoms with Crippen LogP contribution in [0, 0.1) is 0 Å². The molecule has 4 aromatic carbocycles. The van der Waals surface area contributed by atoms with E-state index in [9.17, 15) is 10.2 Å². The molecule has 310 valence electrons. The average molecular weight is 1210 g/mol. The second-order valence-corrected chi connectivity index (χ2v) is 21.2. The molecule has 13 heteroatoms. The molecule has 0 amide bonds. The van der Waals surface area contributed by atoms with Gasteiger partial charge in [-0.3, -0.25) is 9.98 Å². The summed E-state index contributed by atoms with van der Waals surface area (Å²) in [7, 11) is 0. The number of hydrogen-bond donors (Lipinski definition) is 0. The van der Waals surface area contributed by atoms with Gasteiger partial charge in [0.1, 0.15) is 0 Å². The van der Waals surface area contributed by atoms with Gasteiger partial charge in [-0.1, -0.05) is 124 Å². The topological polar surface area (TPSA) is 89.3 Å². The summed E-state index contributed by atoms with van der Waals surface area (Å²) in [5.74, 6) is 0.479. The summed E-state index contributed by atoms with van der Waals surface area (Å²) < 4.78 is 14.3. The Labute approximate surface area is 399 Å². The molecule has 0 saturated heterocycles. The summed E-state index contributed by atoms with van der Waals surface area (Å²) in [4.78, 5) is 10.6. The Bertz CT molecular complexity index is 2040. The molecule has 0 fully saturated rings. The normalized spacial score (nSPS) is 13.0. The molecular weight excluding hydrogens is 1160 g/mol. The Kier molecular flexibility index (Phi) is 17.7. The maximum absolute atomic E-state index is 11.9. The first kappa shape index (κ1) is 50.2. The van der Waals surface area contributed by atoms with E-state index < -0.39 is 11.5 Å². The number of nitrogens with zero attached hydrogens (tertiary/aromatic N) is 2. The molecule has 0 unspecified atom stereocenters. The number of benzene rings is 4. The molecule has 5 rings (SSSR count). The van der Waals surface area contributed by atoms with E-state index in [2.05, 4.69) is 215 Å². The zero-order valence-electron chi connectivity index (χ0n) is 34.1. The van der Waals surface area contributed by atoms with Gasteiger partial charge in [-0.2, -0.15) is 0 Å². The molecule has 57 heavy (non-hydrogen) atoms. The van der Waals surface area contributed by atoms with Crippen molar-refractivity contribution in [1.29, 1.82) is 0 Å². The largest absolute Gasteiger partial charge is 2.00 e. The molecule has 0 bridgehead atoms. The van der Waals surface area contributed by atoms with Gasteiger partial charge < -0.3 is 19.7 Å². The van der Waals surface area contributed by atoms with Crippen LogP contribution in [0.5, 0.6) is 34.5 Å². The number of hydrogen-bond acceptors (Lipinski definition) is 6. The van der Waals surface area contributed by atoms with Crippen molar-refractivity contribution in [3.05, 3.63) is 85.5 Å². The molecule has 0 saturated carbocycles. The van der Waals surface area contributed by atoms with Gasteiger partial charge in [0.05, 0.1) is 49.6 Å². The molecule has 0 atom stereocenters. The van der Waals surface area contributed by atoms with E-state index in [1.165, 1.54) is 22.3 Å². The third-order valence-corrected chi connectivity index (χ3v) is 15.4. The van der Waals surface area contributed by atoms with E-state index in [-0.39, 0.29) is 47.8 Å². The Morgan fingerprint density at radius 1 is 0.649 bits per heavy atom. The fourth-order valence-electron chi connectivity index (χ4n) is 6.07. The second kappa shape index (κ2) is 20.1. The maximum Gasteiger partial charge on any atom is 2.00 e. The van der Waals surface area contributed by atoms with Crippen molar-refractivity contribution in [2.75, 3.05) is 0 Å². The zero-order valence-corrected chi connectivity index (χ0v) is 44.6. The monoisotopic (exact) mass is 1200 g/mol. The first-order chi connectivity index (χ1) is 25.9. The Balaban J connectivity index is 0.000000326. The number of para-hydroxylation sites is 1. The summed E-state index contributed by atoms with van der Waals surface area (Å²) >= 11 is 19.8. The van der Waals surface area contributed by atoms with Crippen molar-refractivity contribution in [2.24, 2.45) is 9.98 Å². The van der Waals surface area contributed by atoms with Gasteiger partial charge in [-0.05, 0) is 160 Å². The van der Waals surface area contributed by atoms with E-state index in [1.54, 1.807) is 0 Å². The van der Waals surface area contributed by atoms with Crippen molar-refractivity contribution in [2.45, 2.75) is 119 Å². The minimum Gasteiger partial charge on any atom is -0.872 e. The first-order valence-electron chi connectivity index (χ1n) is 18.4. The standard InChI is InChI=1S/C32H48N2.C12H2Br6O4.Ni/c1-13-15-28(34-30-25(21(2)3)16-14-17-26(30)22(4)5)23(6)33-29-20-24(31(7,8)9)18-19-27(29)32(10,11)12;13-1-2(14)4(16)10-9(3(1)15)21-11-5(17)7(19)8(20)6(18)12(11)22-10;/h14,16-22H,13,15H2,1-12H3;19-20H;/q;;+2/p-2. The second-order valence-electron chi connectivity index (χ2n) is 16.4. The number of ether oxygens (including phenoxy) is 2. The third kappa shape index (κ3) is 11.2. The van der Waals surface area contributed by atoms with Crippen molar-refractivity contribution < 1.29 is 36.2 Å². The minimum atomic E-state index is -0.705. The molecule has 0 radical (unpaired) electrons. The molecule has 1 aliphatic heterocycles. The fourth-order valence-corrected chi connectivity index (χ4v) is 9.15. The van der Waals surface area contributed by atoms with Crippen LogP contribution in [0.3, 0.4) is 0 Å². The maximum atomic E-state index is 11.9. The smallest absolute Gasteiger partial charge is 0.872 e. The van der Waals surface area contributed by atoms with Crippen LogP contribution in [-0.4, -0.2) is 11.4 Å². The summed E-state index contributed by atoms with van der Waals surface area (Å²) in [6.45, 7) is 27.0. The number of fused-ring (bicyclic) bond motifs is 2. The van der Waals surface area contributed by atoms with Crippen molar-refractivity contribution in [1.82, 2.24) is 0 Å². The van der Waals surface area contributed by atoms with Gasteiger partial charge in [-0.15, -0.1) is 0 Å². The molecule has 6 nitrogen and oxygen atoms in total. The van der Waals surface area contributed by atoms with E-state index in [1.807, 2.05) is 0 Å². The summed E-state index contributed by atoms with van der Waals surface area (Å²) in [6, 6.07) is 13.5. The van der Waals surface area contributed by atoms with Gasteiger partial charge in [-0.25, -0.2) is 0 Å². The Hall–Kier alpha value is -1.21. The molecule has 4 aromatic rings. The Morgan fingerprint density at radius 3 is 1.47 bits per heavy atom. The summed E-state index contributed by atoms with van der Waals surface area (Å²) in [6.07, 6.45) is 1.96. The third-order valence-electron chi connectivity index (χ3n) is 9.25. The molecule has 1 heterocycles. The van der Waals surface area contributed by atoms with Crippen LogP contribution in [0.2, 0.25) is 0 Å². The van der Waals surface area contributed by atoms with Crippen LogP contribution in [0.1, 0.15) is 130 Å². The molecule has 0 N–H and O–H groups in total. The van der Waals surface area contributed by atoms with Gasteiger partial charge in [0.2, 0.25) is 0 Å². The first-order valence-corrected chi connectivity index (χ1v) is 23.2. The van der Waals surface area contributed by atoms with E-state index in [4.69, 9.17) is 19.5 Å². The van der Waals surface area contributed by atoms with E-state index in [0.29, 0.717) is 41.2 Å². The van der Waals surface area contributed by atoms with Gasteiger partial charge in [0.25, 0.3) is 0 Å². The number of halogens is 6. The van der Waals surface area contributed by atoms with Crippen LogP contribution >= 0.6 is 95.6 Å². The van der Waals surface area contributed by atoms with Crippen molar-refractivity contribution in [3.63, 3.8) is 0 Å². The van der Waals surface area contributed by atoms with Gasteiger partial charge >= 0.3 is 16.5 Å². The number of rotatable bonds is 7. The van der Waals surface area contributed by atoms with E-state index >= 15 is 0 Å². The van der Waals surface area contributed by atoms with Gasteiger partial charge in [0, 0.05) is 0 Å².